The summed E-state index contributed by atoms with van der Waals surface area (Å²) in [7, 11) is -1.13. The van der Waals surface area contributed by atoms with E-state index in [1.54, 1.807) is 5.38 Å². The molecular formula is C10H18N2O2SSi. The summed E-state index contributed by atoms with van der Waals surface area (Å²) in [4.78, 5) is 15.5. The number of anilines is 1. The van der Waals surface area contributed by atoms with Gasteiger partial charge in [0.1, 0.15) is 5.82 Å². The Kier molecular flexibility index (Phi) is 4.49. The van der Waals surface area contributed by atoms with E-state index in [0.717, 1.165) is 11.1 Å². The predicted octanol–water partition coefficient (Wildman–Crippen LogP) is 3.34. The second-order valence-electron chi connectivity index (χ2n) is 4.82. The molecule has 16 heavy (non-hydrogen) atoms. The highest BCUT2D eigenvalue weighted by Crippen LogP contribution is 2.13. The Labute approximate surface area is 101 Å². The summed E-state index contributed by atoms with van der Waals surface area (Å²) in [5, 5.41) is 5.33. The zero-order valence-corrected chi connectivity index (χ0v) is 12.0. The first-order valence-corrected chi connectivity index (χ1v) is 9.81. The maximum absolute atomic E-state index is 11.4. The van der Waals surface area contributed by atoms with Crippen LogP contribution in [0.15, 0.2) is 5.38 Å². The van der Waals surface area contributed by atoms with Crippen LogP contribution in [0.5, 0.6) is 0 Å². The van der Waals surface area contributed by atoms with Gasteiger partial charge in [-0.05, 0) is 13.0 Å². The predicted molar refractivity (Wildman–Crippen MR) is 70.0 cm³/mol. The first-order chi connectivity index (χ1) is 7.37. The van der Waals surface area contributed by atoms with Crippen LogP contribution in [0, 0.1) is 6.92 Å². The van der Waals surface area contributed by atoms with Gasteiger partial charge in [-0.3, -0.25) is 5.32 Å². The van der Waals surface area contributed by atoms with Crippen LogP contribution in [-0.4, -0.2) is 25.8 Å². The summed E-state index contributed by atoms with van der Waals surface area (Å²) in [6.45, 7) is 9.13. The Hall–Kier alpha value is -0.883. The van der Waals surface area contributed by atoms with E-state index in [2.05, 4.69) is 29.9 Å². The maximum atomic E-state index is 11.4. The summed E-state index contributed by atoms with van der Waals surface area (Å²) in [5.41, 5.74) is 0. The molecule has 0 saturated heterocycles. The highest BCUT2D eigenvalue weighted by molar-refractivity contribution is 7.09. The largest absolute Gasteiger partial charge is 0.450 e. The van der Waals surface area contributed by atoms with E-state index in [4.69, 9.17) is 4.74 Å². The Morgan fingerprint density at radius 2 is 2.25 bits per heavy atom. The van der Waals surface area contributed by atoms with E-state index in [-0.39, 0.29) is 0 Å². The molecule has 0 aliphatic rings. The SMILES string of the molecule is Cc1nc(NC(=O)OCC[Si](C)(C)C)cs1. The molecule has 1 aromatic heterocycles. The molecule has 0 fully saturated rings. The second kappa shape index (κ2) is 5.45. The topological polar surface area (TPSA) is 51.2 Å². The van der Waals surface area contributed by atoms with Crippen LogP contribution >= 0.6 is 11.3 Å². The number of nitrogens with zero attached hydrogens (tertiary/aromatic N) is 1. The molecule has 0 unspecified atom stereocenters. The minimum atomic E-state index is -1.13. The number of rotatable bonds is 4. The van der Waals surface area contributed by atoms with E-state index in [0.29, 0.717) is 12.4 Å². The van der Waals surface area contributed by atoms with Crippen LogP contribution in [0.25, 0.3) is 0 Å². The molecule has 0 aromatic carbocycles. The fraction of sp³-hybridized carbons (Fsp3) is 0.600. The quantitative estimate of drug-likeness (QED) is 0.843. The van der Waals surface area contributed by atoms with Gasteiger partial charge in [0.05, 0.1) is 11.6 Å². The molecule has 90 valence electrons. The first kappa shape index (κ1) is 13.2. The maximum Gasteiger partial charge on any atom is 0.412 e. The molecule has 1 aromatic rings. The van der Waals surface area contributed by atoms with Crippen molar-refractivity contribution < 1.29 is 9.53 Å². The van der Waals surface area contributed by atoms with Crippen molar-refractivity contribution in [3.63, 3.8) is 0 Å². The molecule has 4 nitrogen and oxygen atoms in total. The van der Waals surface area contributed by atoms with Gasteiger partial charge in [0.15, 0.2) is 0 Å². The van der Waals surface area contributed by atoms with Crippen molar-refractivity contribution in [2.45, 2.75) is 32.6 Å². The third-order valence-electron chi connectivity index (χ3n) is 1.93. The molecule has 1 amide bonds. The molecule has 1 heterocycles. The van der Waals surface area contributed by atoms with Crippen molar-refractivity contribution in [2.24, 2.45) is 0 Å². The van der Waals surface area contributed by atoms with Gasteiger partial charge in [-0.25, -0.2) is 9.78 Å². The lowest BCUT2D eigenvalue weighted by molar-refractivity contribution is 0.167. The highest BCUT2D eigenvalue weighted by Gasteiger charge is 2.14. The molecule has 6 heteroatoms. The Morgan fingerprint density at radius 3 is 2.75 bits per heavy atom. The monoisotopic (exact) mass is 258 g/mol. The van der Waals surface area contributed by atoms with Gasteiger partial charge in [0, 0.05) is 13.5 Å². The minimum absolute atomic E-state index is 0.413. The minimum Gasteiger partial charge on any atom is -0.450 e. The molecule has 1 rings (SSSR count). The average Bonchev–Trinajstić information content (AvgIpc) is 2.48. The third kappa shape index (κ3) is 5.27. The van der Waals surface area contributed by atoms with E-state index < -0.39 is 14.2 Å². The van der Waals surface area contributed by atoms with Crippen molar-refractivity contribution in [2.75, 3.05) is 11.9 Å². The van der Waals surface area contributed by atoms with Crippen molar-refractivity contribution in [3.05, 3.63) is 10.4 Å². The van der Waals surface area contributed by atoms with Gasteiger partial charge in [-0.15, -0.1) is 11.3 Å². The summed E-state index contributed by atoms with van der Waals surface area (Å²) in [6, 6.07) is 0.983. The number of aryl methyl sites for hydroxylation is 1. The molecule has 0 spiro atoms. The summed E-state index contributed by atoms with van der Waals surface area (Å²) in [6.07, 6.45) is -0.413. The van der Waals surface area contributed by atoms with Crippen LogP contribution in [0.3, 0.4) is 0 Å². The summed E-state index contributed by atoms with van der Waals surface area (Å²) < 4.78 is 5.08. The van der Waals surface area contributed by atoms with E-state index in [1.165, 1.54) is 11.3 Å². The molecule has 0 bridgehead atoms. The molecule has 1 N–H and O–H groups in total. The zero-order chi connectivity index (χ0) is 12.2. The molecule has 0 radical (unpaired) electrons. The van der Waals surface area contributed by atoms with E-state index in [9.17, 15) is 4.79 Å². The molecule has 0 saturated carbocycles. The van der Waals surface area contributed by atoms with Crippen molar-refractivity contribution >= 4 is 31.3 Å². The fourth-order valence-electron chi connectivity index (χ4n) is 1.01. The molecular weight excluding hydrogens is 240 g/mol. The van der Waals surface area contributed by atoms with Crippen LogP contribution in [0.4, 0.5) is 10.6 Å². The Morgan fingerprint density at radius 1 is 1.56 bits per heavy atom. The van der Waals surface area contributed by atoms with Gasteiger partial charge in [-0.2, -0.15) is 0 Å². The third-order valence-corrected chi connectivity index (χ3v) is 4.41. The molecule has 0 aliphatic heterocycles. The van der Waals surface area contributed by atoms with Gasteiger partial charge in [0.2, 0.25) is 0 Å². The average molecular weight is 258 g/mol. The van der Waals surface area contributed by atoms with Crippen LogP contribution in [-0.2, 0) is 4.74 Å². The lowest BCUT2D eigenvalue weighted by atomic mass is 10.7. The van der Waals surface area contributed by atoms with E-state index in [1.807, 2.05) is 6.92 Å². The number of hydrogen-bond donors (Lipinski definition) is 1. The van der Waals surface area contributed by atoms with Gasteiger partial charge in [-0.1, -0.05) is 19.6 Å². The lowest BCUT2D eigenvalue weighted by Crippen LogP contribution is -2.24. The fourth-order valence-corrected chi connectivity index (χ4v) is 2.27. The van der Waals surface area contributed by atoms with Crippen molar-refractivity contribution in [1.29, 1.82) is 0 Å². The van der Waals surface area contributed by atoms with Gasteiger partial charge >= 0.3 is 6.09 Å². The van der Waals surface area contributed by atoms with E-state index >= 15 is 0 Å². The van der Waals surface area contributed by atoms with Crippen LogP contribution < -0.4 is 5.32 Å². The standard InChI is InChI=1S/C10H18N2O2SSi/c1-8-11-9(7-15-8)12-10(13)14-5-6-16(2,3)4/h7H,5-6H2,1-4H3,(H,12,13). The summed E-state index contributed by atoms with van der Waals surface area (Å²) >= 11 is 1.50. The Bertz CT molecular complexity index is 360. The smallest absolute Gasteiger partial charge is 0.412 e. The summed E-state index contributed by atoms with van der Waals surface area (Å²) in [5.74, 6) is 0.570. The molecule has 0 aliphatic carbocycles. The number of amides is 1. The number of hydrogen-bond acceptors (Lipinski definition) is 4. The van der Waals surface area contributed by atoms with Crippen LogP contribution in [0.1, 0.15) is 5.01 Å². The van der Waals surface area contributed by atoms with Crippen molar-refractivity contribution in [1.82, 2.24) is 4.98 Å². The zero-order valence-electron chi connectivity index (χ0n) is 10.2. The number of carbonyl (C=O) groups is 1. The Balaban J connectivity index is 2.26. The second-order valence-corrected chi connectivity index (χ2v) is 11.5. The normalized spacial score (nSPS) is 11.2. The van der Waals surface area contributed by atoms with Gasteiger partial charge in [0.25, 0.3) is 0 Å². The number of nitrogens with one attached hydrogen (secondary N) is 1. The van der Waals surface area contributed by atoms with Crippen molar-refractivity contribution in [3.8, 4) is 0 Å². The number of carbonyl (C=O) groups excluding carboxylic acids is 1. The lowest BCUT2D eigenvalue weighted by Gasteiger charge is -2.15. The molecule has 0 atom stereocenters. The number of aromatic nitrogens is 1. The van der Waals surface area contributed by atoms with Gasteiger partial charge < -0.3 is 4.74 Å². The highest BCUT2D eigenvalue weighted by atomic mass is 32.1. The number of ether oxygens (including phenoxy) is 1. The first-order valence-electron chi connectivity index (χ1n) is 5.23. The van der Waals surface area contributed by atoms with Crippen LogP contribution in [0.2, 0.25) is 25.7 Å². The number of thiazole rings is 1.